The van der Waals surface area contributed by atoms with Crippen LogP contribution in [0.1, 0.15) is 5.56 Å². The van der Waals surface area contributed by atoms with Crippen LogP contribution in [0.3, 0.4) is 0 Å². The predicted octanol–water partition coefficient (Wildman–Crippen LogP) is 4.57. The maximum atomic E-state index is 11.1. The van der Waals surface area contributed by atoms with E-state index in [9.17, 15) is 4.79 Å². The SMILES string of the molecule is C=CC(=O)OCCOc1ccc(OCCc2ccccc2)c2ccccc12. The third-order valence-corrected chi connectivity index (χ3v) is 4.09. The van der Waals surface area contributed by atoms with E-state index in [1.807, 2.05) is 54.6 Å². The van der Waals surface area contributed by atoms with Gasteiger partial charge in [0.25, 0.3) is 0 Å². The van der Waals surface area contributed by atoms with E-state index >= 15 is 0 Å². The Labute approximate surface area is 159 Å². The smallest absolute Gasteiger partial charge is 0.330 e. The van der Waals surface area contributed by atoms with Crippen molar-refractivity contribution in [1.29, 1.82) is 0 Å². The number of hydrogen-bond donors (Lipinski definition) is 0. The summed E-state index contributed by atoms with van der Waals surface area (Å²) in [5.41, 5.74) is 1.25. The maximum absolute atomic E-state index is 11.1. The molecule has 0 aliphatic heterocycles. The van der Waals surface area contributed by atoms with Gasteiger partial charge in [-0.15, -0.1) is 0 Å². The fraction of sp³-hybridized carbons (Fsp3) is 0.174. The molecule has 0 spiro atoms. The van der Waals surface area contributed by atoms with Gasteiger partial charge in [0.15, 0.2) is 0 Å². The van der Waals surface area contributed by atoms with Gasteiger partial charge in [0.1, 0.15) is 24.7 Å². The van der Waals surface area contributed by atoms with Gasteiger partial charge in [0.2, 0.25) is 0 Å². The number of ether oxygens (including phenoxy) is 3. The van der Waals surface area contributed by atoms with Crippen LogP contribution in [0.4, 0.5) is 0 Å². The second-order valence-corrected chi connectivity index (χ2v) is 5.91. The van der Waals surface area contributed by atoms with Crippen molar-refractivity contribution in [3.63, 3.8) is 0 Å². The van der Waals surface area contributed by atoms with Crippen LogP contribution in [-0.2, 0) is 16.0 Å². The van der Waals surface area contributed by atoms with Crippen LogP contribution in [0.15, 0.2) is 79.4 Å². The molecule has 0 aliphatic carbocycles. The number of carbonyl (C=O) groups is 1. The zero-order chi connectivity index (χ0) is 18.9. The van der Waals surface area contributed by atoms with E-state index < -0.39 is 5.97 Å². The first-order valence-electron chi connectivity index (χ1n) is 8.88. The number of fused-ring (bicyclic) bond motifs is 1. The lowest BCUT2D eigenvalue weighted by molar-refractivity contribution is -0.138. The summed E-state index contributed by atoms with van der Waals surface area (Å²) in [7, 11) is 0. The van der Waals surface area contributed by atoms with Crippen molar-refractivity contribution < 1.29 is 19.0 Å². The molecule has 0 saturated heterocycles. The summed E-state index contributed by atoms with van der Waals surface area (Å²) >= 11 is 0. The standard InChI is InChI=1S/C23H22O4/c1-2-23(24)27-17-16-26-22-13-12-21(19-10-6-7-11-20(19)22)25-15-14-18-8-4-3-5-9-18/h2-13H,1,14-17H2. The molecule has 0 amide bonds. The molecule has 0 fully saturated rings. The van der Waals surface area contributed by atoms with E-state index in [1.165, 1.54) is 5.56 Å². The normalized spacial score (nSPS) is 10.4. The number of hydrogen-bond acceptors (Lipinski definition) is 4. The minimum absolute atomic E-state index is 0.175. The van der Waals surface area contributed by atoms with E-state index in [4.69, 9.17) is 14.2 Å². The van der Waals surface area contributed by atoms with E-state index in [0.29, 0.717) is 6.61 Å². The summed E-state index contributed by atoms with van der Waals surface area (Å²) in [4.78, 5) is 11.1. The Bertz CT molecular complexity index is 903. The van der Waals surface area contributed by atoms with Crippen molar-refractivity contribution in [3.8, 4) is 11.5 Å². The molecule has 3 aromatic carbocycles. The van der Waals surface area contributed by atoms with Gasteiger partial charge < -0.3 is 14.2 Å². The summed E-state index contributed by atoms with van der Waals surface area (Å²) in [6.45, 7) is 4.42. The van der Waals surface area contributed by atoms with Crippen LogP contribution in [0, 0.1) is 0 Å². The van der Waals surface area contributed by atoms with Gasteiger partial charge in [-0.25, -0.2) is 4.79 Å². The number of rotatable bonds is 9. The van der Waals surface area contributed by atoms with Crippen molar-refractivity contribution in [2.75, 3.05) is 19.8 Å². The van der Waals surface area contributed by atoms with Crippen molar-refractivity contribution in [1.82, 2.24) is 0 Å². The molecule has 0 aromatic heterocycles. The molecule has 27 heavy (non-hydrogen) atoms. The molecule has 0 bridgehead atoms. The van der Waals surface area contributed by atoms with E-state index in [2.05, 4.69) is 18.7 Å². The second-order valence-electron chi connectivity index (χ2n) is 5.91. The molecule has 0 atom stereocenters. The van der Waals surface area contributed by atoms with Gasteiger partial charge in [0, 0.05) is 23.3 Å². The molecule has 4 nitrogen and oxygen atoms in total. The molecular weight excluding hydrogens is 340 g/mol. The quantitative estimate of drug-likeness (QED) is 0.318. The Morgan fingerprint density at radius 1 is 0.778 bits per heavy atom. The molecule has 0 radical (unpaired) electrons. The lowest BCUT2D eigenvalue weighted by Gasteiger charge is -2.13. The van der Waals surface area contributed by atoms with Crippen LogP contribution < -0.4 is 9.47 Å². The van der Waals surface area contributed by atoms with Gasteiger partial charge in [-0.3, -0.25) is 0 Å². The summed E-state index contributed by atoms with van der Waals surface area (Å²) in [5, 5.41) is 1.95. The minimum Gasteiger partial charge on any atom is -0.493 e. The van der Waals surface area contributed by atoms with E-state index in [-0.39, 0.29) is 13.2 Å². The third-order valence-electron chi connectivity index (χ3n) is 4.09. The molecule has 0 unspecified atom stereocenters. The lowest BCUT2D eigenvalue weighted by atomic mass is 10.1. The molecular formula is C23H22O4. The zero-order valence-corrected chi connectivity index (χ0v) is 15.1. The summed E-state index contributed by atoms with van der Waals surface area (Å²) < 4.78 is 16.7. The minimum atomic E-state index is -0.453. The first kappa shape index (κ1) is 18.5. The average molecular weight is 362 g/mol. The molecule has 3 aromatic rings. The monoisotopic (exact) mass is 362 g/mol. The number of carbonyl (C=O) groups excluding carboxylic acids is 1. The topological polar surface area (TPSA) is 44.8 Å². The zero-order valence-electron chi connectivity index (χ0n) is 15.1. The first-order valence-corrected chi connectivity index (χ1v) is 8.88. The molecule has 0 heterocycles. The Morgan fingerprint density at radius 3 is 2.00 bits per heavy atom. The maximum Gasteiger partial charge on any atom is 0.330 e. The lowest BCUT2D eigenvalue weighted by Crippen LogP contribution is -2.10. The Hall–Kier alpha value is -3.27. The second kappa shape index (κ2) is 9.43. The van der Waals surface area contributed by atoms with Gasteiger partial charge in [-0.05, 0) is 17.7 Å². The molecule has 0 aliphatic rings. The largest absolute Gasteiger partial charge is 0.493 e. The highest BCUT2D eigenvalue weighted by atomic mass is 16.6. The predicted molar refractivity (Wildman–Crippen MR) is 106 cm³/mol. The molecule has 138 valence electrons. The van der Waals surface area contributed by atoms with Crippen molar-refractivity contribution in [2.45, 2.75) is 6.42 Å². The molecule has 4 heteroatoms. The van der Waals surface area contributed by atoms with Gasteiger partial charge in [-0.1, -0.05) is 61.2 Å². The summed E-state index contributed by atoms with van der Waals surface area (Å²) in [6, 6.07) is 22.0. The summed E-state index contributed by atoms with van der Waals surface area (Å²) in [6.07, 6.45) is 1.99. The van der Waals surface area contributed by atoms with Gasteiger partial charge in [0.05, 0.1) is 6.61 Å². The molecule has 0 saturated carbocycles. The first-order chi connectivity index (χ1) is 13.3. The van der Waals surface area contributed by atoms with Crippen LogP contribution in [0.25, 0.3) is 10.8 Å². The number of benzene rings is 3. The van der Waals surface area contributed by atoms with Crippen LogP contribution in [0.5, 0.6) is 11.5 Å². The van der Waals surface area contributed by atoms with E-state index in [1.54, 1.807) is 0 Å². The van der Waals surface area contributed by atoms with Crippen molar-refractivity contribution in [3.05, 3.63) is 84.9 Å². The summed E-state index contributed by atoms with van der Waals surface area (Å²) in [5.74, 6) is 1.10. The fourth-order valence-electron chi connectivity index (χ4n) is 2.77. The Kier molecular flexibility index (Phi) is 6.47. The highest BCUT2D eigenvalue weighted by Crippen LogP contribution is 2.33. The van der Waals surface area contributed by atoms with Gasteiger partial charge >= 0.3 is 5.97 Å². The Balaban J connectivity index is 1.65. The van der Waals surface area contributed by atoms with Crippen LogP contribution in [0.2, 0.25) is 0 Å². The highest BCUT2D eigenvalue weighted by molar-refractivity contribution is 5.93. The third kappa shape index (κ3) is 5.11. The van der Waals surface area contributed by atoms with Crippen molar-refractivity contribution >= 4 is 16.7 Å². The number of esters is 1. The van der Waals surface area contributed by atoms with Crippen LogP contribution >= 0.6 is 0 Å². The van der Waals surface area contributed by atoms with Gasteiger partial charge in [-0.2, -0.15) is 0 Å². The Morgan fingerprint density at radius 2 is 1.37 bits per heavy atom. The van der Waals surface area contributed by atoms with E-state index in [0.717, 1.165) is 34.8 Å². The average Bonchev–Trinajstić information content (AvgIpc) is 2.72. The molecule has 0 N–H and O–H groups in total. The molecule has 3 rings (SSSR count). The van der Waals surface area contributed by atoms with Crippen molar-refractivity contribution in [2.24, 2.45) is 0 Å². The highest BCUT2D eigenvalue weighted by Gasteiger charge is 2.08. The van der Waals surface area contributed by atoms with Crippen LogP contribution in [-0.4, -0.2) is 25.8 Å². The fourth-order valence-corrected chi connectivity index (χ4v) is 2.77.